The summed E-state index contributed by atoms with van der Waals surface area (Å²) in [6.45, 7) is 14.2. The molecule has 47 heavy (non-hydrogen) atoms. The van der Waals surface area contributed by atoms with Crippen LogP contribution in [0.25, 0.3) is 5.65 Å². The van der Waals surface area contributed by atoms with Crippen molar-refractivity contribution < 1.29 is 23.9 Å². The topological polar surface area (TPSA) is 139 Å². The molecule has 1 saturated heterocycles. The predicted octanol–water partition coefficient (Wildman–Crippen LogP) is 6.75. The number of carbonyl (C=O) groups is 3. The van der Waals surface area contributed by atoms with Gasteiger partial charge < -0.3 is 30.3 Å². The number of benzene rings is 2. The van der Waals surface area contributed by atoms with Crippen molar-refractivity contribution in [1.29, 1.82) is 0 Å². The first-order chi connectivity index (χ1) is 22.4. The first kappa shape index (κ1) is 33.0. The molecule has 12 nitrogen and oxygen atoms in total. The fourth-order valence-corrected chi connectivity index (χ4v) is 5.17. The summed E-state index contributed by atoms with van der Waals surface area (Å²) in [4.78, 5) is 44.0. The lowest BCUT2D eigenvalue weighted by molar-refractivity contribution is -0.111. The van der Waals surface area contributed by atoms with E-state index in [0.29, 0.717) is 53.1 Å². The lowest BCUT2D eigenvalue weighted by atomic mass is 10.1. The van der Waals surface area contributed by atoms with Gasteiger partial charge in [-0.25, -0.2) is 4.79 Å². The third kappa shape index (κ3) is 8.46. The summed E-state index contributed by atoms with van der Waals surface area (Å²) >= 11 is 0. The predicted molar refractivity (Wildman–Crippen MR) is 181 cm³/mol. The SMILES string of the molecule is C=CC(=O)Nc1cccc(C(=O)Nc2cccc(Nc3cc(OC4CCCN(C(=O)OC(C)(C)C)C4)nc4c(C(C)C)cnn34)c2)c1. The van der Waals surface area contributed by atoms with Crippen LogP contribution in [-0.4, -0.2) is 62.2 Å². The van der Waals surface area contributed by atoms with Crippen LogP contribution in [0.5, 0.6) is 5.88 Å². The number of amides is 3. The zero-order valence-corrected chi connectivity index (χ0v) is 27.4. The molecule has 5 rings (SSSR count). The second-order valence-electron chi connectivity index (χ2n) is 12.7. The van der Waals surface area contributed by atoms with Crippen molar-refractivity contribution in [3.05, 3.63) is 84.6 Å². The van der Waals surface area contributed by atoms with Crippen LogP contribution in [-0.2, 0) is 9.53 Å². The first-order valence-electron chi connectivity index (χ1n) is 15.6. The van der Waals surface area contributed by atoms with Crippen molar-refractivity contribution in [3.8, 4) is 5.88 Å². The number of hydrogen-bond acceptors (Lipinski definition) is 8. The number of piperidine rings is 1. The molecule has 1 atom stereocenters. The molecule has 3 N–H and O–H groups in total. The monoisotopic (exact) mass is 639 g/mol. The Morgan fingerprint density at radius 3 is 2.47 bits per heavy atom. The van der Waals surface area contributed by atoms with Gasteiger partial charge in [-0.2, -0.15) is 14.6 Å². The molecule has 3 amide bonds. The number of fused-ring (bicyclic) bond motifs is 1. The maximum Gasteiger partial charge on any atom is 0.410 e. The van der Waals surface area contributed by atoms with E-state index in [2.05, 4.69) is 41.5 Å². The van der Waals surface area contributed by atoms with Crippen LogP contribution in [0.3, 0.4) is 0 Å². The lowest BCUT2D eigenvalue weighted by Gasteiger charge is -2.34. The number of ether oxygens (including phenoxy) is 2. The zero-order chi connectivity index (χ0) is 33.7. The quantitative estimate of drug-likeness (QED) is 0.171. The van der Waals surface area contributed by atoms with Crippen LogP contribution in [0.1, 0.15) is 69.3 Å². The van der Waals surface area contributed by atoms with E-state index >= 15 is 0 Å². The molecule has 0 saturated carbocycles. The summed E-state index contributed by atoms with van der Waals surface area (Å²) in [7, 11) is 0. The normalized spacial score (nSPS) is 14.9. The largest absolute Gasteiger partial charge is 0.472 e. The van der Waals surface area contributed by atoms with Gasteiger partial charge in [0.25, 0.3) is 5.91 Å². The number of hydrogen-bond donors (Lipinski definition) is 3. The van der Waals surface area contributed by atoms with Gasteiger partial charge in [-0.05, 0) is 82.0 Å². The minimum absolute atomic E-state index is 0.169. The zero-order valence-electron chi connectivity index (χ0n) is 27.4. The van der Waals surface area contributed by atoms with Gasteiger partial charge >= 0.3 is 6.09 Å². The molecule has 1 unspecified atom stereocenters. The fraction of sp³-hybridized carbons (Fsp3) is 0.343. The molecule has 12 heteroatoms. The minimum atomic E-state index is -0.580. The van der Waals surface area contributed by atoms with Gasteiger partial charge in [0.2, 0.25) is 11.8 Å². The molecule has 2 aromatic carbocycles. The maximum absolute atomic E-state index is 13.1. The Balaban J connectivity index is 1.36. The van der Waals surface area contributed by atoms with Crippen LogP contribution in [0.15, 0.2) is 73.4 Å². The number of rotatable bonds is 9. The molecule has 4 aromatic rings. The summed E-state index contributed by atoms with van der Waals surface area (Å²) in [5.74, 6) is 0.500. The van der Waals surface area contributed by atoms with E-state index < -0.39 is 5.60 Å². The molecule has 1 aliphatic rings. The molecule has 3 heterocycles. The molecule has 0 aliphatic carbocycles. The summed E-state index contributed by atoms with van der Waals surface area (Å²) in [5.41, 5.74) is 3.18. The van der Waals surface area contributed by atoms with Crippen molar-refractivity contribution in [2.24, 2.45) is 0 Å². The van der Waals surface area contributed by atoms with E-state index in [0.717, 1.165) is 18.4 Å². The van der Waals surface area contributed by atoms with E-state index in [1.54, 1.807) is 58.1 Å². The molecule has 0 bridgehead atoms. The highest BCUT2D eigenvalue weighted by Gasteiger charge is 2.29. The summed E-state index contributed by atoms with van der Waals surface area (Å²) in [5, 5.41) is 13.6. The van der Waals surface area contributed by atoms with Crippen molar-refractivity contribution >= 4 is 46.4 Å². The molecule has 0 radical (unpaired) electrons. The molecule has 246 valence electrons. The van der Waals surface area contributed by atoms with Crippen molar-refractivity contribution in [2.45, 2.75) is 65.1 Å². The Morgan fingerprint density at radius 2 is 1.74 bits per heavy atom. The van der Waals surface area contributed by atoms with E-state index in [1.165, 1.54) is 6.08 Å². The van der Waals surface area contributed by atoms with Crippen LogP contribution in [0.4, 0.5) is 27.7 Å². The number of carbonyl (C=O) groups excluding carboxylic acids is 3. The van der Waals surface area contributed by atoms with Gasteiger partial charge in [0.15, 0.2) is 5.65 Å². The van der Waals surface area contributed by atoms with Gasteiger partial charge in [-0.1, -0.05) is 32.6 Å². The van der Waals surface area contributed by atoms with E-state index in [4.69, 9.17) is 14.5 Å². The fourth-order valence-electron chi connectivity index (χ4n) is 5.17. The molecule has 1 aliphatic heterocycles. The molecule has 1 fully saturated rings. The van der Waals surface area contributed by atoms with Crippen LogP contribution >= 0.6 is 0 Å². The van der Waals surface area contributed by atoms with E-state index in [9.17, 15) is 14.4 Å². The molecule has 0 spiro atoms. The Morgan fingerprint density at radius 1 is 1.02 bits per heavy atom. The second-order valence-corrected chi connectivity index (χ2v) is 12.7. The number of aromatic nitrogens is 3. The third-order valence-electron chi connectivity index (χ3n) is 7.39. The standard InChI is InChI=1S/C35H41N7O5/c1-7-30(43)38-24-12-8-11-23(17-24)33(44)39-26-14-9-13-25(18-26)37-29-19-31(40-32-28(22(2)3)20-36-42(29)32)46-27-15-10-16-41(21-27)34(45)47-35(4,5)6/h7-9,11-14,17-20,22,27,37H,1,10,15-16,21H2,2-6H3,(H,38,43)(H,39,44). The summed E-state index contributed by atoms with van der Waals surface area (Å²) in [6, 6.07) is 15.7. The maximum atomic E-state index is 13.1. The number of nitrogens with zero attached hydrogens (tertiary/aromatic N) is 4. The Kier molecular flexibility index (Phi) is 9.78. The first-order valence-corrected chi connectivity index (χ1v) is 15.6. The van der Waals surface area contributed by atoms with Crippen LogP contribution in [0, 0.1) is 0 Å². The van der Waals surface area contributed by atoms with Gasteiger partial charge in [-0.15, -0.1) is 0 Å². The number of nitrogens with one attached hydrogen (secondary N) is 3. The Hall–Kier alpha value is -5.39. The number of anilines is 4. The van der Waals surface area contributed by atoms with E-state index in [-0.39, 0.29) is 29.9 Å². The second kappa shape index (κ2) is 13.9. The highest BCUT2D eigenvalue weighted by atomic mass is 16.6. The van der Waals surface area contributed by atoms with Gasteiger partial charge in [0.05, 0.1) is 12.7 Å². The van der Waals surface area contributed by atoms with Crippen molar-refractivity contribution in [2.75, 3.05) is 29.0 Å². The summed E-state index contributed by atoms with van der Waals surface area (Å²) in [6.07, 6.45) is 3.92. The van der Waals surface area contributed by atoms with Crippen LogP contribution in [0.2, 0.25) is 0 Å². The van der Waals surface area contributed by atoms with Crippen molar-refractivity contribution in [1.82, 2.24) is 19.5 Å². The van der Waals surface area contributed by atoms with Gasteiger partial charge in [0.1, 0.15) is 17.5 Å². The average Bonchev–Trinajstić information content (AvgIpc) is 3.45. The highest BCUT2D eigenvalue weighted by molar-refractivity contribution is 6.06. The van der Waals surface area contributed by atoms with Crippen LogP contribution < -0.4 is 20.7 Å². The van der Waals surface area contributed by atoms with Gasteiger partial charge in [0, 0.05) is 40.8 Å². The molecular weight excluding hydrogens is 598 g/mol. The van der Waals surface area contributed by atoms with E-state index in [1.807, 2.05) is 32.9 Å². The Bertz CT molecular complexity index is 1790. The lowest BCUT2D eigenvalue weighted by Crippen LogP contribution is -2.46. The third-order valence-corrected chi connectivity index (χ3v) is 7.39. The smallest absolute Gasteiger partial charge is 0.410 e. The highest BCUT2D eigenvalue weighted by Crippen LogP contribution is 2.29. The molecular formula is C35H41N7O5. The average molecular weight is 640 g/mol. The molecule has 2 aromatic heterocycles. The van der Waals surface area contributed by atoms with Gasteiger partial charge in [-0.3, -0.25) is 9.59 Å². The Labute approximate surface area is 274 Å². The van der Waals surface area contributed by atoms with Crippen molar-refractivity contribution in [3.63, 3.8) is 0 Å². The summed E-state index contributed by atoms with van der Waals surface area (Å²) < 4.78 is 13.7. The number of likely N-dealkylation sites (tertiary alicyclic amines) is 1. The minimum Gasteiger partial charge on any atom is -0.472 e.